The summed E-state index contributed by atoms with van der Waals surface area (Å²) in [5, 5.41) is 12.2. The SMILES string of the molecule is COc1cc(/C=C(/C#N)C(=O)NCCCc2ccccc2)cc(I)c1OC. The van der Waals surface area contributed by atoms with Crippen LogP contribution in [-0.4, -0.2) is 26.7 Å². The highest BCUT2D eigenvalue weighted by atomic mass is 127. The monoisotopic (exact) mass is 476 g/mol. The van der Waals surface area contributed by atoms with E-state index in [0.717, 1.165) is 16.4 Å². The quantitative estimate of drug-likeness (QED) is 0.271. The molecule has 0 spiro atoms. The number of methoxy groups -OCH3 is 2. The molecule has 0 saturated heterocycles. The number of ether oxygens (including phenoxy) is 2. The van der Waals surface area contributed by atoms with Crippen LogP contribution in [0, 0.1) is 14.9 Å². The van der Waals surface area contributed by atoms with Crippen LogP contribution in [0.1, 0.15) is 17.5 Å². The van der Waals surface area contributed by atoms with E-state index in [1.807, 2.05) is 30.3 Å². The van der Waals surface area contributed by atoms with E-state index in [1.165, 1.54) is 5.56 Å². The normalized spacial score (nSPS) is 10.8. The lowest BCUT2D eigenvalue weighted by molar-refractivity contribution is -0.117. The average molecular weight is 476 g/mol. The summed E-state index contributed by atoms with van der Waals surface area (Å²) in [6.07, 6.45) is 3.24. The molecule has 2 aromatic carbocycles. The molecule has 27 heavy (non-hydrogen) atoms. The van der Waals surface area contributed by atoms with Crippen molar-refractivity contribution in [1.82, 2.24) is 5.32 Å². The Morgan fingerprint density at radius 2 is 1.96 bits per heavy atom. The van der Waals surface area contributed by atoms with Gasteiger partial charge in [0.1, 0.15) is 11.6 Å². The zero-order valence-electron chi connectivity index (χ0n) is 15.3. The number of rotatable bonds is 8. The third-order valence-electron chi connectivity index (χ3n) is 3.90. The largest absolute Gasteiger partial charge is 0.493 e. The van der Waals surface area contributed by atoms with Crippen LogP contribution in [0.5, 0.6) is 11.5 Å². The van der Waals surface area contributed by atoms with Gasteiger partial charge in [0.05, 0.1) is 17.8 Å². The molecular formula is C21H21IN2O3. The lowest BCUT2D eigenvalue weighted by Crippen LogP contribution is -2.25. The highest BCUT2D eigenvalue weighted by molar-refractivity contribution is 14.1. The molecule has 0 heterocycles. The second kappa shape index (κ2) is 10.6. The molecule has 0 aliphatic heterocycles. The molecule has 0 unspecified atom stereocenters. The van der Waals surface area contributed by atoms with Gasteiger partial charge in [0, 0.05) is 6.54 Å². The molecule has 6 heteroatoms. The summed E-state index contributed by atoms with van der Waals surface area (Å²) in [7, 11) is 3.12. The Kier molecular flexibility index (Phi) is 8.14. The number of aryl methyl sites for hydroxylation is 1. The van der Waals surface area contributed by atoms with E-state index in [0.29, 0.717) is 23.6 Å². The second-order valence-electron chi connectivity index (χ2n) is 5.75. The van der Waals surface area contributed by atoms with Crippen LogP contribution in [-0.2, 0) is 11.2 Å². The van der Waals surface area contributed by atoms with E-state index in [2.05, 4.69) is 40.0 Å². The minimum atomic E-state index is -0.379. The van der Waals surface area contributed by atoms with E-state index in [4.69, 9.17) is 9.47 Å². The first-order chi connectivity index (χ1) is 13.1. The molecule has 2 aromatic rings. The minimum Gasteiger partial charge on any atom is -0.493 e. The number of nitrogens with zero attached hydrogens (tertiary/aromatic N) is 1. The van der Waals surface area contributed by atoms with Gasteiger partial charge in [-0.05, 0) is 64.8 Å². The number of carbonyl (C=O) groups is 1. The summed E-state index contributed by atoms with van der Waals surface area (Å²) < 4.78 is 11.5. The number of nitriles is 1. The molecule has 0 atom stereocenters. The van der Waals surface area contributed by atoms with Crippen molar-refractivity contribution < 1.29 is 14.3 Å². The fourth-order valence-corrected chi connectivity index (χ4v) is 3.42. The molecule has 2 rings (SSSR count). The van der Waals surface area contributed by atoms with Crippen molar-refractivity contribution in [2.75, 3.05) is 20.8 Å². The van der Waals surface area contributed by atoms with E-state index in [9.17, 15) is 10.1 Å². The number of nitrogens with one attached hydrogen (secondary N) is 1. The van der Waals surface area contributed by atoms with Crippen LogP contribution in [0.3, 0.4) is 0 Å². The van der Waals surface area contributed by atoms with Gasteiger partial charge in [-0.1, -0.05) is 30.3 Å². The predicted molar refractivity (Wildman–Crippen MR) is 114 cm³/mol. The lowest BCUT2D eigenvalue weighted by atomic mass is 10.1. The number of halogens is 1. The van der Waals surface area contributed by atoms with Gasteiger partial charge in [0.15, 0.2) is 11.5 Å². The maximum atomic E-state index is 12.3. The Labute approximate surface area is 173 Å². The maximum absolute atomic E-state index is 12.3. The highest BCUT2D eigenvalue weighted by Gasteiger charge is 2.12. The number of carbonyl (C=O) groups excluding carboxylic acids is 1. The molecule has 0 saturated carbocycles. The Hall–Kier alpha value is -2.53. The van der Waals surface area contributed by atoms with Crippen LogP contribution in [0.15, 0.2) is 48.0 Å². The molecule has 1 N–H and O–H groups in total. The number of benzene rings is 2. The number of hydrogen-bond donors (Lipinski definition) is 1. The van der Waals surface area contributed by atoms with E-state index in [-0.39, 0.29) is 11.5 Å². The Morgan fingerprint density at radius 1 is 1.22 bits per heavy atom. The summed E-state index contributed by atoms with van der Waals surface area (Å²) in [5.41, 5.74) is 1.98. The summed E-state index contributed by atoms with van der Waals surface area (Å²) in [6.45, 7) is 0.510. The number of amides is 1. The smallest absolute Gasteiger partial charge is 0.261 e. The Balaban J connectivity index is 2.01. The van der Waals surface area contributed by atoms with Gasteiger partial charge in [-0.3, -0.25) is 4.79 Å². The van der Waals surface area contributed by atoms with Crippen molar-refractivity contribution in [3.8, 4) is 17.6 Å². The first-order valence-corrected chi connectivity index (χ1v) is 9.52. The molecule has 5 nitrogen and oxygen atoms in total. The van der Waals surface area contributed by atoms with E-state index >= 15 is 0 Å². The van der Waals surface area contributed by atoms with E-state index in [1.54, 1.807) is 26.4 Å². The molecule has 0 aliphatic rings. The Morgan fingerprint density at radius 3 is 2.59 bits per heavy atom. The maximum Gasteiger partial charge on any atom is 0.261 e. The van der Waals surface area contributed by atoms with Gasteiger partial charge in [-0.15, -0.1) is 0 Å². The minimum absolute atomic E-state index is 0.0535. The molecule has 0 radical (unpaired) electrons. The van der Waals surface area contributed by atoms with Crippen LogP contribution < -0.4 is 14.8 Å². The van der Waals surface area contributed by atoms with Gasteiger partial charge in [-0.25, -0.2) is 0 Å². The van der Waals surface area contributed by atoms with Crippen molar-refractivity contribution in [2.24, 2.45) is 0 Å². The zero-order chi connectivity index (χ0) is 19.6. The summed E-state index contributed by atoms with van der Waals surface area (Å²) in [6, 6.07) is 15.6. The van der Waals surface area contributed by atoms with Crippen molar-refractivity contribution in [2.45, 2.75) is 12.8 Å². The molecular weight excluding hydrogens is 455 g/mol. The summed E-state index contributed by atoms with van der Waals surface area (Å²) in [5.74, 6) is 0.797. The average Bonchev–Trinajstić information content (AvgIpc) is 2.69. The first kappa shape index (κ1) is 20.8. The van der Waals surface area contributed by atoms with Crippen molar-refractivity contribution in [3.63, 3.8) is 0 Å². The molecule has 0 aromatic heterocycles. The summed E-state index contributed by atoms with van der Waals surface area (Å²) in [4.78, 5) is 12.3. The van der Waals surface area contributed by atoms with Crippen LogP contribution in [0.2, 0.25) is 0 Å². The van der Waals surface area contributed by atoms with Gasteiger partial charge < -0.3 is 14.8 Å². The van der Waals surface area contributed by atoms with Crippen molar-refractivity contribution in [3.05, 3.63) is 62.7 Å². The van der Waals surface area contributed by atoms with Gasteiger partial charge in [0.25, 0.3) is 5.91 Å². The zero-order valence-corrected chi connectivity index (χ0v) is 17.4. The predicted octanol–water partition coefficient (Wildman–Crippen LogP) is 3.96. The molecule has 0 bridgehead atoms. The standard InChI is InChI=1S/C21H21IN2O3/c1-26-19-13-16(12-18(22)20(19)27-2)11-17(14-23)21(25)24-10-6-9-15-7-4-3-5-8-15/h3-5,7-8,11-13H,6,9-10H2,1-2H3,(H,24,25)/b17-11-. The highest BCUT2D eigenvalue weighted by Crippen LogP contribution is 2.34. The molecule has 0 aliphatic carbocycles. The second-order valence-corrected chi connectivity index (χ2v) is 6.92. The fraction of sp³-hybridized carbons (Fsp3) is 0.238. The van der Waals surface area contributed by atoms with Crippen LogP contribution in [0.25, 0.3) is 6.08 Å². The topological polar surface area (TPSA) is 71.3 Å². The molecule has 0 fully saturated rings. The third-order valence-corrected chi connectivity index (χ3v) is 4.70. The van der Waals surface area contributed by atoms with Crippen molar-refractivity contribution >= 4 is 34.6 Å². The number of hydrogen-bond acceptors (Lipinski definition) is 4. The van der Waals surface area contributed by atoms with Crippen LogP contribution >= 0.6 is 22.6 Å². The third kappa shape index (κ3) is 6.00. The lowest BCUT2D eigenvalue weighted by Gasteiger charge is -2.11. The fourth-order valence-electron chi connectivity index (χ4n) is 2.57. The molecule has 1 amide bonds. The molecule has 140 valence electrons. The summed E-state index contributed by atoms with van der Waals surface area (Å²) >= 11 is 2.13. The van der Waals surface area contributed by atoms with Gasteiger partial charge >= 0.3 is 0 Å². The van der Waals surface area contributed by atoms with E-state index < -0.39 is 0 Å². The van der Waals surface area contributed by atoms with Gasteiger partial charge in [-0.2, -0.15) is 5.26 Å². The van der Waals surface area contributed by atoms with Crippen molar-refractivity contribution in [1.29, 1.82) is 5.26 Å². The van der Waals surface area contributed by atoms with Gasteiger partial charge in [0.2, 0.25) is 0 Å². The first-order valence-electron chi connectivity index (χ1n) is 8.44. The van der Waals surface area contributed by atoms with Crippen LogP contribution in [0.4, 0.5) is 0 Å². The Bertz CT molecular complexity index is 858.